The monoisotopic (exact) mass is 246 g/mol. The van der Waals surface area contributed by atoms with Crippen molar-refractivity contribution in [3.63, 3.8) is 0 Å². The van der Waals surface area contributed by atoms with Gasteiger partial charge in [-0.25, -0.2) is 4.39 Å². The Hall–Kier alpha value is -1.44. The lowest BCUT2D eigenvalue weighted by atomic mass is 9.79. The molecule has 2 aliphatic heterocycles. The maximum absolute atomic E-state index is 13.6. The first-order valence-electron chi connectivity index (χ1n) is 6.30. The predicted octanol–water partition coefficient (Wildman–Crippen LogP) is 1.80. The molecule has 2 heterocycles. The minimum Gasteiger partial charge on any atom is -0.385 e. The normalized spacial score (nSPS) is 34.3. The molecule has 4 heteroatoms. The van der Waals surface area contributed by atoms with Gasteiger partial charge in [-0.3, -0.25) is 0 Å². The van der Waals surface area contributed by atoms with Gasteiger partial charge in [-0.1, -0.05) is 12.1 Å². The van der Waals surface area contributed by atoms with Crippen molar-refractivity contribution in [2.75, 3.05) is 0 Å². The van der Waals surface area contributed by atoms with E-state index in [1.807, 2.05) is 6.07 Å². The molecule has 0 aromatic heterocycles. The van der Waals surface area contributed by atoms with Gasteiger partial charge in [0.15, 0.2) is 0 Å². The summed E-state index contributed by atoms with van der Waals surface area (Å²) >= 11 is 0. The summed E-state index contributed by atoms with van der Waals surface area (Å²) in [5, 5.41) is 23.3. The molecule has 0 spiro atoms. The van der Waals surface area contributed by atoms with Crippen molar-refractivity contribution in [3.05, 3.63) is 35.1 Å². The highest BCUT2D eigenvalue weighted by Gasteiger charge is 2.44. The maximum atomic E-state index is 13.6. The lowest BCUT2D eigenvalue weighted by Gasteiger charge is -2.38. The maximum Gasteiger partial charge on any atom is 0.141 e. The smallest absolute Gasteiger partial charge is 0.141 e. The fourth-order valence-electron chi connectivity index (χ4n) is 3.37. The molecule has 3 nitrogen and oxygen atoms in total. The van der Waals surface area contributed by atoms with Crippen LogP contribution in [0.25, 0.3) is 0 Å². The minimum absolute atomic E-state index is 0.0127. The van der Waals surface area contributed by atoms with E-state index in [1.165, 1.54) is 6.07 Å². The second-order valence-corrected chi connectivity index (χ2v) is 5.35. The van der Waals surface area contributed by atoms with E-state index >= 15 is 0 Å². The molecule has 3 rings (SSSR count). The van der Waals surface area contributed by atoms with E-state index in [2.05, 4.69) is 5.32 Å². The number of nitrogens with one attached hydrogen (secondary N) is 1. The highest BCUT2D eigenvalue weighted by molar-refractivity contribution is 5.43. The Kier molecular flexibility index (Phi) is 2.61. The van der Waals surface area contributed by atoms with Gasteiger partial charge >= 0.3 is 0 Å². The summed E-state index contributed by atoms with van der Waals surface area (Å²) in [6.07, 6.45) is 3.21. The average molecular weight is 246 g/mol. The molecule has 2 fully saturated rings. The van der Waals surface area contributed by atoms with Crippen molar-refractivity contribution in [3.8, 4) is 6.07 Å². The molecule has 2 bridgehead atoms. The fourth-order valence-corrected chi connectivity index (χ4v) is 3.37. The first-order valence-corrected chi connectivity index (χ1v) is 6.30. The number of nitrogens with zero attached hydrogens (tertiary/aromatic N) is 1. The van der Waals surface area contributed by atoms with E-state index in [1.54, 1.807) is 12.1 Å². The average Bonchev–Trinajstić information content (AvgIpc) is 2.69. The quantitative estimate of drug-likeness (QED) is 0.794. The van der Waals surface area contributed by atoms with Crippen molar-refractivity contribution in [2.24, 2.45) is 0 Å². The molecule has 18 heavy (non-hydrogen) atoms. The van der Waals surface area contributed by atoms with Gasteiger partial charge in [-0.15, -0.1) is 0 Å². The number of aliphatic hydroxyl groups is 1. The summed E-state index contributed by atoms with van der Waals surface area (Å²) in [7, 11) is 0. The Morgan fingerprint density at radius 2 is 2.00 bits per heavy atom. The molecule has 2 aliphatic rings. The second-order valence-electron chi connectivity index (χ2n) is 5.35. The van der Waals surface area contributed by atoms with Crippen molar-refractivity contribution < 1.29 is 9.50 Å². The Morgan fingerprint density at radius 1 is 1.33 bits per heavy atom. The van der Waals surface area contributed by atoms with Gasteiger partial charge in [-0.2, -0.15) is 5.26 Å². The standard InChI is InChI=1S/C14H15FN2O/c15-13-3-1-2-12(11(13)8-16)14(18)6-9-4-5-10(7-14)17-9/h1-3,9-10,17-18H,4-7H2. The third kappa shape index (κ3) is 1.71. The summed E-state index contributed by atoms with van der Waals surface area (Å²) in [4.78, 5) is 0. The molecule has 2 atom stereocenters. The highest BCUT2D eigenvalue weighted by Crippen LogP contribution is 2.41. The molecule has 1 aromatic rings. The van der Waals surface area contributed by atoms with Crippen LogP contribution >= 0.6 is 0 Å². The van der Waals surface area contributed by atoms with E-state index in [9.17, 15) is 9.50 Å². The lowest BCUT2D eigenvalue weighted by Crippen LogP contribution is -2.47. The second kappa shape index (κ2) is 4.04. The van der Waals surface area contributed by atoms with Crippen LogP contribution in [-0.2, 0) is 5.60 Å². The molecule has 0 amide bonds. The van der Waals surface area contributed by atoms with E-state index < -0.39 is 11.4 Å². The van der Waals surface area contributed by atoms with Gasteiger partial charge in [0.2, 0.25) is 0 Å². The Labute approximate surface area is 105 Å². The van der Waals surface area contributed by atoms with Crippen LogP contribution < -0.4 is 5.32 Å². The van der Waals surface area contributed by atoms with Gasteiger partial charge in [0.25, 0.3) is 0 Å². The number of hydrogen-bond acceptors (Lipinski definition) is 3. The summed E-state index contributed by atoms with van der Waals surface area (Å²) in [6, 6.07) is 6.94. The van der Waals surface area contributed by atoms with E-state index in [4.69, 9.17) is 5.26 Å². The molecular formula is C14H15FN2O. The molecule has 2 N–H and O–H groups in total. The summed E-state index contributed by atoms with van der Waals surface area (Å²) in [5.74, 6) is -0.547. The molecule has 0 saturated carbocycles. The van der Waals surface area contributed by atoms with Gasteiger partial charge < -0.3 is 10.4 Å². The van der Waals surface area contributed by atoms with Crippen LogP contribution in [0, 0.1) is 17.1 Å². The molecule has 2 saturated heterocycles. The number of hydrogen-bond donors (Lipinski definition) is 2. The number of rotatable bonds is 1. The van der Waals surface area contributed by atoms with Crippen LogP contribution in [0.2, 0.25) is 0 Å². The zero-order valence-corrected chi connectivity index (χ0v) is 9.99. The molecular weight excluding hydrogens is 231 g/mol. The number of fused-ring (bicyclic) bond motifs is 2. The van der Waals surface area contributed by atoms with E-state index in [-0.39, 0.29) is 17.6 Å². The largest absolute Gasteiger partial charge is 0.385 e. The summed E-state index contributed by atoms with van der Waals surface area (Å²) in [6.45, 7) is 0. The molecule has 94 valence electrons. The third-order valence-corrected chi connectivity index (χ3v) is 4.13. The molecule has 0 radical (unpaired) electrons. The number of nitriles is 1. The topological polar surface area (TPSA) is 56.0 Å². The van der Waals surface area contributed by atoms with Crippen LogP contribution in [-0.4, -0.2) is 17.2 Å². The minimum atomic E-state index is -1.07. The van der Waals surface area contributed by atoms with Crippen LogP contribution in [0.1, 0.15) is 36.8 Å². The van der Waals surface area contributed by atoms with Gasteiger partial charge in [-0.05, 0) is 31.7 Å². The van der Waals surface area contributed by atoms with Crippen LogP contribution in [0.15, 0.2) is 18.2 Å². The summed E-state index contributed by atoms with van der Waals surface area (Å²) < 4.78 is 13.6. The van der Waals surface area contributed by atoms with Crippen molar-refractivity contribution >= 4 is 0 Å². The van der Waals surface area contributed by atoms with Gasteiger partial charge in [0.1, 0.15) is 11.9 Å². The van der Waals surface area contributed by atoms with Crippen LogP contribution in [0.3, 0.4) is 0 Å². The van der Waals surface area contributed by atoms with Crippen LogP contribution in [0.5, 0.6) is 0 Å². The fraction of sp³-hybridized carbons (Fsp3) is 0.500. The van der Waals surface area contributed by atoms with Crippen molar-refractivity contribution in [1.29, 1.82) is 5.26 Å². The van der Waals surface area contributed by atoms with Gasteiger partial charge in [0.05, 0.1) is 11.2 Å². The zero-order chi connectivity index (χ0) is 12.8. The predicted molar refractivity (Wildman–Crippen MR) is 64.2 cm³/mol. The lowest BCUT2D eigenvalue weighted by molar-refractivity contribution is -0.0119. The van der Waals surface area contributed by atoms with Crippen molar-refractivity contribution in [2.45, 2.75) is 43.4 Å². The SMILES string of the molecule is N#Cc1c(F)cccc1C1(O)CC2CCC(C1)N2. The molecule has 2 unspecified atom stereocenters. The Bertz CT molecular complexity index is 511. The number of piperidine rings is 1. The first kappa shape index (κ1) is 11.6. The summed E-state index contributed by atoms with van der Waals surface area (Å²) in [5.41, 5.74) is -0.630. The highest BCUT2D eigenvalue weighted by atomic mass is 19.1. The Morgan fingerprint density at radius 3 is 2.61 bits per heavy atom. The van der Waals surface area contributed by atoms with Crippen molar-refractivity contribution in [1.82, 2.24) is 5.32 Å². The first-order chi connectivity index (χ1) is 8.62. The number of benzene rings is 1. The molecule has 0 aliphatic carbocycles. The number of halogens is 1. The third-order valence-electron chi connectivity index (χ3n) is 4.13. The van der Waals surface area contributed by atoms with Crippen LogP contribution in [0.4, 0.5) is 4.39 Å². The van der Waals surface area contributed by atoms with E-state index in [0.29, 0.717) is 18.4 Å². The Balaban J connectivity index is 2.04. The molecule has 1 aromatic carbocycles. The zero-order valence-electron chi connectivity index (χ0n) is 9.99. The van der Waals surface area contributed by atoms with Gasteiger partial charge in [0, 0.05) is 17.6 Å². The van der Waals surface area contributed by atoms with E-state index in [0.717, 1.165) is 12.8 Å².